The maximum absolute atomic E-state index is 10.8. The Labute approximate surface area is 165 Å². The first-order chi connectivity index (χ1) is 13.0. The van der Waals surface area contributed by atoms with Crippen molar-refractivity contribution in [2.24, 2.45) is 0 Å². The van der Waals surface area contributed by atoms with Gasteiger partial charge in [0.1, 0.15) is 0 Å². The normalized spacial score (nSPS) is 10.6. The minimum absolute atomic E-state index is 0.0135. The molecule has 140 valence electrons. The average molecular weight is 404 g/mol. The zero-order valence-electron chi connectivity index (χ0n) is 14.8. The van der Waals surface area contributed by atoms with Crippen molar-refractivity contribution in [3.8, 4) is 16.5 Å². The molecule has 2 N–H and O–H groups in total. The number of benzene rings is 1. The fourth-order valence-electron chi connectivity index (χ4n) is 2.60. The minimum atomic E-state index is -0.861. The second-order valence-corrected chi connectivity index (χ2v) is 7.44. The molecule has 0 bridgehead atoms. The Morgan fingerprint density at radius 1 is 1.22 bits per heavy atom. The Bertz CT molecular complexity index is 957. The first kappa shape index (κ1) is 19.1. The third-order valence-corrected chi connectivity index (χ3v) is 5.07. The van der Waals surface area contributed by atoms with Crippen molar-refractivity contribution in [2.75, 3.05) is 12.4 Å². The average Bonchev–Trinajstić information content (AvgIpc) is 3.08. The highest BCUT2D eigenvalue weighted by Gasteiger charge is 2.16. The Kier molecular flexibility index (Phi) is 5.93. The Balaban J connectivity index is 1.96. The molecule has 2 aromatic heterocycles. The summed E-state index contributed by atoms with van der Waals surface area (Å²) in [5.74, 6) is 0.850. The number of carboxylic acids is 1. The minimum Gasteiger partial charge on any atom is -0.491 e. The van der Waals surface area contributed by atoms with E-state index in [2.05, 4.69) is 15.3 Å². The number of ether oxygens (including phenoxy) is 1. The molecule has 0 aliphatic heterocycles. The highest BCUT2D eigenvalue weighted by Crippen LogP contribution is 2.35. The summed E-state index contributed by atoms with van der Waals surface area (Å²) in [4.78, 5) is 20.9. The van der Waals surface area contributed by atoms with Gasteiger partial charge in [0.2, 0.25) is 0 Å². The van der Waals surface area contributed by atoms with Gasteiger partial charge in [0, 0.05) is 5.69 Å². The number of carboxylic acid groups (broad SMARTS) is 1. The van der Waals surface area contributed by atoms with E-state index in [0.29, 0.717) is 28.1 Å². The van der Waals surface area contributed by atoms with Crippen molar-refractivity contribution in [2.45, 2.75) is 19.8 Å². The van der Waals surface area contributed by atoms with Gasteiger partial charge in [0.05, 0.1) is 28.4 Å². The van der Waals surface area contributed by atoms with Crippen LogP contribution in [0.15, 0.2) is 36.4 Å². The number of thiophene rings is 1. The molecule has 0 atom stereocenters. The molecule has 0 aliphatic rings. The van der Waals surface area contributed by atoms with Crippen LogP contribution in [0.4, 0.5) is 11.5 Å². The fourth-order valence-corrected chi connectivity index (χ4v) is 3.57. The maximum atomic E-state index is 10.8. The van der Waals surface area contributed by atoms with Crippen LogP contribution in [0.25, 0.3) is 10.7 Å². The topological polar surface area (TPSA) is 84.3 Å². The largest absolute Gasteiger partial charge is 0.491 e. The molecule has 3 rings (SSSR count). The number of halogens is 1. The standard InChI is InChI=1S/C19H18ClN3O3S/c1-3-13-17(26-2)19(23-18(22-13)14-8-9-15(20)27-14)21-12-6-4-11(5-7-12)10-16(24)25/h4-9H,3,10H2,1-2H3,(H,24,25)(H,21,22,23). The summed E-state index contributed by atoms with van der Waals surface area (Å²) >= 11 is 7.46. The second-order valence-electron chi connectivity index (χ2n) is 5.73. The molecule has 3 aromatic rings. The van der Waals surface area contributed by atoms with E-state index in [1.165, 1.54) is 11.3 Å². The van der Waals surface area contributed by atoms with Crippen molar-refractivity contribution in [3.63, 3.8) is 0 Å². The van der Waals surface area contributed by atoms with E-state index in [4.69, 9.17) is 21.4 Å². The molecule has 0 saturated carbocycles. The van der Waals surface area contributed by atoms with Crippen LogP contribution in [-0.4, -0.2) is 28.2 Å². The first-order valence-electron chi connectivity index (χ1n) is 8.28. The van der Waals surface area contributed by atoms with Crippen molar-refractivity contribution in [1.82, 2.24) is 9.97 Å². The van der Waals surface area contributed by atoms with Gasteiger partial charge < -0.3 is 15.2 Å². The van der Waals surface area contributed by atoms with Gasteiger partial charge in [-0.05, 0) is 36.2 Å². The van der Waals surface area contributed by atoms with Crippen LogP contribution in [0.1, 0.15) is 18.2 Å². The van der Waals surface area contributed by atoms with E-state index >= 15 is 0 Å². The van der Waals surface area contributed by atoms with Crippen LogP contribution in [0.2, 0.25) is 4.34 Å². The molecule has 0 aliphatic carbocycles. The molecular formula is C19H18ClN3O3S. The highest BCUT2D eigenvalue weighted by molar-refractivity contribution is 7.19. The zero-order valence-corrected chi connectivity index (χ0v) is 16.4. The fraction of sp³-hybridized carbons (Fsp3) is 0.211. The molecule has 0 saturated heterocycles. The zero-order chi connectivity index (χ0) is 19.4. The van der Waals surface area contributed by atoms with Gasteiger partial charge in [-0.1, -0.05) is 30.7 Å². The van der Waals surface area contributed by atoms with Gasteiger partial charge >= 0.3 is 5.97 Å². The Morgan fingerprint density at radius 2 is 1.96 bits per heavy atom. The maximum Gasteiger partial charge on any atom is 0.307 e. The van der Waals surface area contributed by atoms with Crippen molar-refractivity contribution in [1.29, 1.82) is 0 Å². The van der Waals surface area contributed by atoms with E-state index in [1.807, 2.05) is 31.2 Å². The number of hydrogen-bond acceptors (Lipinski definition) is 6. The molecule has 0 spiro atoms. The van der Waals surface area contributed by atoms with Crippen LogP contribution >= 0.6 is 22.9 Å². The Morgan fingerprint density at radius 3 is 2.52 bits per heavy atom. The summed E-state index contributed by atoms with van der Waals surface area (Å²) in [5.41, 5.74) is 2.29. The molecular weight excluding hydrogens is 386 g/mol. The quantitative estimate of drug-likeness (QED) is 0.589. The van der Waals surface area contributed by atoms with Crippen molar-refractivity contribution in [3.05, 3.63) is 52.0 Å². The predicted molar refractivity (Wildman–Crippen MR) is 107 cm³/mol. The van der Waals surface area contributed by atoms with Gasteiger partial charge in [-0.2, -0.15) is 0 Å². The number of carbonyl (C=O) groups is 1. The van der Waals surface area contributed by atoms with E-state index in [9.17, 15) is 4.79 Å². The third-order valence-electron chi connectivity index (χ3n) is 3.84. The monoisotopic (exact) mass is 403 g/mol. The molecule has 27 heavy (non-hydrogen) atoms. The van der Waals surface area contributed by atoms with Crippen LogP contribution in [0.3, 0.4) is 0 Å². The number of aryl methyl sites for hydroxylation is 1. The molecule has 6 nitrogen and oxygen atoms in total. The van der Waals surface area contributed by atoms with Crippen molar-refractivity contribution >= 4 is 40.4 Å². The summed E-state index contributed by atoms with van der Waals surface area (Å²) in [5, 5.41) is 12.1. The lowest BCUT2D eigenvalue weighted by molar-refractivity contribution is -0.136. The summed E-state index contributed by atoms with van der Waals surface area (Å²) in [6.07, 6.45) is 0.671. The van der Waals surface area contributed by atoms with Crippen LogP contribution in [0.5, 0.6) is 5.75 Å². The van der Waals surface area contributed by atoms with Gasteiger partial charge in [-0.15, -0.1) is 11.3 Å². The predicted octanol–water partition coefficient (Wildman–Crippen LogP) is 4.80. The second kappa shape index (κ2) is 8.37. The molecule has 2 heterocycles. The SMILES string of the molecule is CCc1nc(-c2ccc(Cl)s2)nc(Nc2ccc(CC(=O)O)cc2)c1OC. The summed E-state index contributed by atoms with van der Waals surface area (Å²) in [6.45, 7) is 2.00. The Hall–Kier alpha value is -2.64. The smallest absolute Gasteiger partial charge is 0.307 e. The number of rotatable bonds is 7. The molecule has 0 fully saturated rings. The number of nitrogens with one attached hydrogen (secondary N) is 1. The lowest BCUT2D eigenvalue weighted by Crippen LogP contribution is -2.05. The first-order valence-corrected chi connectivity index (χ1v) is 9.48. The molecule has 0 unspecified atom stereocenters. The number of aromatic nitrogens is 2. The van der Waals surface area contributed by atoms with E-state index in [-0.39, 0.29) is 6.42 Å². The number of methoxy groups -OCH3 is 1. The molecule has 8 heteroatoms. The molecule has 1 aromatic carbocycles. The number of anilines is 2. The van der Waals surface area contributed by atoms with Crippen molar-refractivity contribution < 1.29 is 14.6 Å². The third kappa shape index (κ3) is 4.56. The summed E-state index contributed by atoms with van der Waals surface area (Å²) in [6, 6.07) is 10.9. The summed E-state index contributed by atoms with van der Waals surface area (Å²) < 4.78 is 6.20. The molecule has 0 radical (unpaired) electrons. The molecule has 0 amide bonds. The number of aliphatic carboxylic acids is 1. The van der Waals surface area contributed by atoms with Crippen LogP contribution in [-0.2, 0) is 17.6 Å². The van der Waals surface area contributed by atoms with E-state index in [1.54, 1.807) is 19.2 Å². The highest BCUT2D eigenvalue weighted by atomic mass is 35.5. The van der Waals surface area contributed by atoms with Gasteiger partial charge in [-0.3, -0.25) is 4.79 Å². The summed E-state index contributed by atoms with van der Waals surface area (Å²) in [7, 11) is 1.58. The van der Waals surface area contributed by atoms with Gasteiger partial charge in [0.25, 0.3) is 0 Å². The van der Waals surface area contributed by atoms with E-state index in [0.717, 1.165) is 21.8 Å². The lowest BCUT2D eigenvalue weighted by Gasteiger charge is -2.14. The number of nitrogens with zero attached hydrogens (tertiary/aromatic N) is 2. The van der Waals surface area contributed by atoms with Gasteiger partial charge in [-0.25, -0.2) is 9.97 Å². The van der Waals surface area contributed by atoms with Crippen LogP contribution in [0, 0.1) is 0 Å². The van der Waals surface area contributed by atoms with E-state index < -0.39 is 5.97 Å². The van der Waals surface area contributed by atoms with Crippen LogP contribution < -0.4 is 10.1 Å². The van der Waals surface area contributed by atoms with Gasteiger partial charge in [0.15, 0.2) is 17.4 Å². The number of hydrogen-bond donors (Lipinski definition) is 2. The lowest BCUT2D eigenvalue weighted by atomic mass is 10.1.